The Kier molecular flexibility index (Phi) is 11.1. The van der Waals surface area contributed by atoms with Gasteiger partial charge in [-0.25, -0.2) is 9.97 Å². The molecule has 7 aromatic rings. The molecule has 6 heteroatoms. The second-order valence-corrected chi connectivity index (χ2v) is 16.2. The average Bonchev–Trinajstić information content (AvgIpc) is 4.13. The van der Waals surface area contributed by atoms with Gasteiger partial charge in [-0.2, -0.15) is 0 Å². The summed E-state index contributed by atoms with van der Waals surface area (Å²) in [5.41, 5.74) is 19.8. The van der Waals surface area contributed by atoms with Crippen LogP contribution in [0.25, 0.3) is 90.9 Å². The molecule has 4 aromatic carbocycles. The highest BCUT2D eigenvalue weighted by molar-refractivity contribution is 6.00. The van der Waals surface area contributed by atoms with Crippen molar-refractivity contribution in [3.8, 4) is 62.6 Å². The molecule has 62 heavy (non-hydrogen) atoms. The number of aromatic nitrogens is 4. The summed E-state index contributed by atoms with van der Waals surface area (Å²) in [7, 11) is 0. The van der Waals surface area contributed by atoms with Gasteiger partial charge >= 0.3 is 0 Å². The van der Waals surface area contributed by atoms with Crippen molar-refractivity contribution in [1.82, 2.24) is 19.9 Å². The quantitative estimate of drug-likeness (QED) is 0.0774. The van der Waals surface area contributed by atoms with Crippen molar-refractivity contribution in [3.05, 3.63) is 160 Å². The molecule has 0 fully saturated rings. The number of aromatic amines is 2. The lowest BCUT2D eigenvalue weighted by molar-refractivity contribution is 0.112. The fourth-order valence-electron chi connectivity index (χ4n) is 8.85. The Hall–Kier alpha value is -7.49. The largest absolute Gasteiger partial charge is 0.494 e. The van der Waals surface area contributed by atoms with E-state index >= 15 is 0 Å². The second-order valence-electron chi connectivity index (χ2n) is 16.2. The maximum atomic E-state index is 11.8. The van der Waals surface area contributed by atoms with E-state index < -0.39 is 0 Å². The maximum absolute atomic E-state index is 11.8. The summed E-state index contributed by atoms with van der Waals surface area (Å²) < 4.78 is 6.17. The van der Waals surface area contributed by atoms with Gasteiger partial charge in [0.2, 0.25) is 0 Å². The number of aldehydes is 1. The Morgan fingerprint density at radius 1 is 0.565 bits per heavy atom. The van der Waals surface area contributed by atoms with Crippen molar-refractivity contribution in [2.24, 2.45) is 0 Å². The minimum Gasteiger partial charge on any atom is -0.494 e. The summed E-state index contributed by atoms with van der Waals surface area (Å²) in [4.78, 5) is 30.3. The number of carbonyl (C=O) groups excluding carboxylic acids is 1. The molecule has 0 aliphatic carbocycles. The SMILES string of the molecule is C#Cc1ccc(-c2c3nc(c(-c4ccc(OCCCCCC)cc4)c4ccc([nH]4)c(-c4ccc(C=O)cc4)c4nc(c(-c5c(C)cc(C)cc5C)c5ccc2[nH]5)C=C4)C=C3)cc1. The number of nitrogens with one attached hydrogen (secondary N) is 2. The number of hydrogen-bond acceptors (Lipinski definition) is 4. The third-order valence-electron chi connectivity index (χ3n) is 11.8. The number of fused-ring (bicyclic) bond motifs is 8. The van der Waals surface area contributed by atoms with Gasteiger partial charge < -0.3 is 14.7 Å². The van der Waals surface area contributed by atoms with Crippen molar-refractivity contribution in [3.63, 3.8) is 0 Å². The van der Waals surface area contributed by atoms with Gasteiger partial charge in [0.05, 0.1) is 29.4 Å². The van der Waals surface area contributed by atoms with Crippen LogP contribution < -0.4 is 4.74 Å². The Balaban J connectivity index is 1.38. The Bertz CT molecular complexity index is 3090. The molecule has 0 radical (unpaired) electrons. The number of ether oxygens (including phenoxy) is 1. The first kappa shape index (κ1) is 39.9. The summed E-state index contributed by atoms with van der Waals surface area (Å²) in [5.74, 6) is 3.61. The summed E-state index contributed by atoms with van der Waals surface area (Å²) in [6.07, 6.45) is 19.7. The molecule has 0 spiro atoms. The van der Waals surface area contributed by atoms with Gasteiger partial charge in [0, 0.05) is 55.4 Å². The molecule has 6 nitrogen and oxygen atoms in total. The molecule has 0 saturated carbocycles. The van der Waals surface area contributed by atoms with E-state index in [9.17, 15) is 4.79 Å². The number of unbranched alkanes of at least 4 members (excludes halogenated alkanes) is 3. The first-order valence-electron chi connectivity index (χ1n) is 21.4. The minimum atomic E-state index is 0.611. The first-order valence-corrected chi connectivity index (χ1v) is 21.4. The third-order valence-corrected chi connectivity index (χ3v) is 11.8. The van der Waals surface area contributed by atoms with E-state index in [0.717, 1.165) is 120 Å². The van der Waals surface area contributed by atoms with Crippen LogP contribution in [0.3, 0.4) is 0 Å². The summed E-state index contributed by atoms with van der Waals surface area (Å²) >= 11 is 0. The van der Waals surface area contributed by atoms with Crippen LogP contribution >= 0.6 is 0 Å². The summed E-state index contributed by atoms with van der Waals surface area (Å²) in [5, 5.41) is 0. The van der Waals surface area contributed by atoms with Gasteiger partial charge in [0.25, 0.3) is 0 Å². The van der Waals surface area contributed by atoms with Crippen molar-refractivity contribution in [1.29, 1.82) is 0 Å². The second kappa shape index (κ2) is 17.2. The van der Waals surface area contributed by atoms with Crippen LogP contribution in [-0.2, 0) is 0 Å². The molecule has 304 valence electrons. The zero-order valence-corrected chi connectivity index (χ0v) is 35.6. The zero-order valence-electron chi connectivity index (χ0n) is 35.6. The van der Waals surface area contributed by atoms with Crippen molar-refractivity contribution in [2.75, 3.05) is 6.61 Å². The van der Waals surface area contributed by atoms with E-state index in [0.29, 0.717) is 12.2 Å². The molecule has 0 saturated heterocycles. The minimum absolute atomic E-state index is 0.611. The lowest BCUT2D eigenvalue weighted by atomic mass is 9.92. The van der Waals surface area contributed by atoms with E-state index in [4.69, 9.17) is 21.1 Å². The number of nitrogens with zero attached hydrogens (tertiary/aromatic N) is 2. The Morgan fingerprint density at radius 3 is 1.48 bits per heavy atom. The van der Waals surface area contributed by atoms with Crippen LogP contribution in [0.4, 0.5) is 0 Å². The molecular weight excluding hydrogens is 761 g/mol. The molecule has 8 bridgehead atoms. The van der Waals surface area contributed by atoms with E-state index in [2.05, 4.69) is 129 Å². The molecular formula is C56H48N4O2. The molecule has 0 amide bonds. The fraction of sp³-hybridized carbons (Fsp3) is 0.161. The highest BCUT2D eigenvalue weighted by Crippen LogP contribution is 2.40. The highest BCUT2D eigenvalue weighted by Gasteiger charge is 2.20. The van der Waals surface area contributed by atoms with Crippen molar-refractivity contribution in [2.45, 2.75) is 53.4 Å². The zero-order chi connectivity index (χ0) is 42.7. The number of hydrogen-bond donors (Lipinski definition) is 2. The van der Waals surface area contributed by atoms with Crippen LogP contribution in [0.5, 0.6) is 5.75 Å². The standard InChI is InChI=1S/C56H48N4O2/c1-6-8-9-10-31-62-43-21-19-42(20-22-43)55-46-25-23-44(57-46)53(40-15-11-38(7-2)12-16-40)48-27-29-50(59-48)56(52-36(4)32-35(3)33-37(52)5)51-30-28-49(60-51)54(45-24-26-47(55)58-45)41-17-13-39(34-61)14-18-41/h2,11-30,32-34,58-59H,6,8-10,31H2,1,3-5H3. The van der Waals surface area contributed by atoms with Crippen LogP contribution in [0.1, 0.15) is 88.0 Å². The average molecular weight is 809 g/mol. The predicted octanol–water partition coefficient (Wildman–Crippen LogP) is 14.0. The summed E-state index contributed by atoms with van der Waals surface area (Å²) in [6, 6.07) is 37.1. The summed E-state index contributed by atoms with van der Waals surface area (Å²) in [6.45, 7) is 9.39. The van der Waals surface area contributed by atoms with Crippen LogP contribution in [0.2, 0.25) is 0 Å². The van der Waals surface area contributed by atoms with E-state index in [1.807, 2.05) is 48.5 Å². The fourth-order valence-corrected chi connectivity index (χ4v) is 8.85. The lowest BCUT2D eigenvalue weighted by Crippen LogP contribution is -1.97. The Morgan fingerprint density at radius 2 is 1.02 bits per heavy atom. The van der Waals surface area contributed by atoms with Gasteiger partial charge in [-0.05, 0) is 133 Å². The normalized spacial score (nSPS) is 11.8. The maximum Gasteiger partial charge on any atom is 0.150 e. The van der Waals surface area contributed by atoms with Gasteiger partial charge in [-0.3, -0.25) is 4.79 Å². The molecule has 9 rings (SSSR count). The number of benzene rings is 4. The number of terminal acetylenes is 1. The van der Waals surface area contributed by atoms with Crippen molar-refractivity contribution < 1.29 is 9.53 Å². The van der Waals surface area contributed by atoms with Crippen molar-refractivity contribution >= 4 is 52.7 Å². The molecule has 3 aromatic heterocycles. The number of aryl methyl sites for hydroxylation is 3. The number of H-pyrrole nitrogens is 2. The first-order chi connectivity index (χ1) is 30.3. The van der Waals surface area contributed by atoms with E-state index in [1.165, 1.54) is 29.5 Å². The number of rotatable bonds is 11. The smallest absolute Gasteiger partial charge is 0.150 e. The van der Waals surface area contributed by atoms with Gasteiger partial charge in [-0.1, -0.05) is 98.3 Å². The monoisotopic (exact) mass is 808 g/mol. The van der Waals surface area contributed by atoms with E-state index in [-0.39, 0.29) is 0 Å². The predicted molar refractivity (Wildman–Crippen MR) is 258 cm³/mol. The molecule has 2 aliphatic rings. The molecule has 0 unspecified atom stereocenters. The van der Waals surface area contributed by atoms with Crippen LogP contribution in [-0.4, -0.2) is 32.8 Å². The van der Waals surface area contributed by atoms with Crippen LogP contribution in [0, 0.1) is 33.1 Å². The molecule has 2 N–H and O–H groups in total. The third kappa shape index (κ3) is 7.82. The number of carbonyl (C=O) groups is 1. The van der Waals surface area contributed by atoms with Crippen LogP contribution in [0.15, 0.2) is 109 Å². The van der Waals surface area contributed by atoms with Gasteiger partial charge in [0.1, 0.15) is 12.0 Å². The lowest BCUT2D eigenvalue weighted by Gasteiger charge is -2.13. The topological polar surface area (TPSA) is 83.7 Å². The highest BCUT2D eigenvalue weighted by atomic mass is 16.5. The Labute approximate surface area is 363 Å². The molecule has 0 atom stereocenters. The molecule has 5 heterocycles. The van der Waals surface area contributed by atoms with Gasteiger partial charge in [0.15, 0.2) is 0 Å². The van der Waals surface area contributed by atoms with Gasteiger partial charge in [-0.15, -0.1) is 6.42 Å². The van der Waals surface area contributed by atoms with E-state index in [1.54, 1.807) is 0 Å². The molecule has 2 aliphatic heterocycles.